The van der Waals surface area contributed by atoms with Gasteiger partial charge in [0.2, 0.25) is 11.8 Å². The second-order valence-electron chi connectivity index (χ2n) is 4.39. The highest BCUT2D eigenvalue weighted by atomic mass is 79.9. The number of hydrazine groups is 1. The van der Waals surface area contributed by atoms with Crippen LogP contribution in [-0.2, 0) is 6.61 Å². The van der Waals surface area contributed by atoms with Crippen LogP contribution in [0.1, 0.15) is 5.56 Å². The van der Waals surface area contributed by atoms with Crippen LogP contribution in [0, 0.1) is 0 Å². The minimum Gasteiger partial charge on any atom is -0.472 e. The molecule has 0 atom stereocenters. The van der Waals surface area contributed by atoms with Crippen LogP contribution in [0.4, 0.5) is 5.95 Å². The zero-order chi connectivity index (χ0) is 14.7. The minimum absolute atomic E-state index is 0.329. The van der Waals surface area contributed by atoms with Crippen LogP contribution >= 0.6 is 15.9 Å². The van der Waals surface area contributed by atoms with Crippen LogP contribution in [0.25, 0.3) is 10.9 Å². The van der Waals surface area contributed by atoms with Crippen molar-refractivity contribution in [2.45, 2.75) is 6.61 Å². The van der Waals surface area contributed by atoms with E-state index >= 15 is 0 Å². The molecule has 0 fully saturated rings. The Labute approximate surface area is 130 Å². The van der Waals surface area contributed by atoms with Crippen LogP contribution in [-0.4, -0.2) is 9.97 Å². The van der Waals surface area contributed by atoms with Crippen molar-refractivity contribution in [3.8, 4) is 5.88 Å². The fraction of sp³-hybridized carbons (Fsp3) is 0.0667. The van der Waals surface area contributed by atoms with E-state index in [0.717, 1.165) is 20.9 Å². The van der Waals surface area contributed by atoms with E-state index in [1.165, 1.54) is 0 Å². The Kier molecular flexibility index (Phi) is 3.98. The third kappa shape index (κ3) is 2.96. The topological polar surface area (TPSA) is 73.1 Å². The zero-order valence-corrected chi connectivity index (χ0v) is 12.7. The summed E-state index contributed by atoms with van der Waals surface area (Å²) in [6.07, 6.45) is 0. The first kappa shape index (κ1) is 13.8. The van der Waals surface area contributed by atoms with Crippen molar-refractivity contribution in [1.82, 2.24) is 9.97 Å². The van der Waals surface area contributed by atoms with Gasteiger partial charge in [-0.1, -0.05) is 46.3 Å². The lowest BCUT2D eigenvalue weighted by molar-refractivity contribution is 0.297. The summed E-state index contributed by atoms with van der Waals surface area (Å²) < 4.78 is 6.85. The normalized spacial score (nSPS) is 10.6. The third-order valence-corrected chi connectivity index (χ3v) is 3.79. The average Bonchev–Trinajstić information content (AvgIpc) is 2.53. The lowest BCUT2D eigenvalue weighted by atomic mass is 10.2. The number of hydrogen-bond acceptors (Lipinski definition) is 5. The summed E-state index contributed by atoms with van der Waals surface area (Å²) >= 11 is 3.50. The second-order valence-corrected chi connectivity index (χ2v) is 5.25. The SMILES string of the molecule is NNc1nc(OCc2ccccc2Br)c2ccccc2n1. The van der Waals surface area contributed by atoms with Crippen LogP contribution in [0.3, 0.4) is 0 Å². The summed E-state index contributed by atoms with van der Waals surface area (Å²) in [6.45, 7) is 0.409. The molecule has 106 valence electrons. The molecule has 21 heavy (non-hydrogen) atoms. The van der Waals surface area contributed by atoms with E-state index in [2.05, 4.69) is 31.3 Å². The Morgan fingerprint density at radius 1 is 1.05 bits per heavy atom. The van der Waals surface area contributed by atoms with Gasteiger partial charge in [-0.3, -0.25) is 5.43 Å². The van der Waals surface area contributed by atoms with E-state index in [1.807, 2.05) is 48.5 Å². The highest BCUT2D eigenvalue weighted by Crippen LogP contribution is 2.25. The number of nitrogens with one attached hydrogen (secondary N) is 1. The number of nitrogens with zero attached hydrogens (tertiary/aromatic N) is 2. The molecule has 0 radical (unpaired) electrons. The first-order valence-corrected chi connectivity index (χ1v) is 7.17. The molecule has 0 aliphatic carbocycles. The standard InChI is InChI=1S/C15H13BrN4O/c16-12-7-3-1-5-10(12)9-21-14-11-6-2-4-8-13(11)18-15(19-14)20-17/h1-8H,9,17H2,(H,18,19,20). The van der Waals surface area contributed by atoms with Crippen LogP contribution < -0.4 is 16.0 Å². The Morgan fingerprint density at radius 3 is 2.62 bits per heavy atom. The molecule has 0 spiro atoms. The van der Waals surface area contributed by atoms with Gasteiger partial charge < -0.3 is 4.74 Å². The summed E-state index contributed by atoms with van der Waals surface area (Å²) in [4.78, 5) is 8.57. The maximum absolute atomic E-state index is 5.85. The number of rotatable bonds is 4. The molecule has 5 nitrogen and oxygen atoms in total. The van der Waals surface area contributed by atoms with Crippen LogP contribution in [0.5, 0.6) is 5.88 Å². The van der Waals surface area contributed by atoms with Gasteiger partial charge in [0.05, 0.1) is 10.9 Å². The molecule has 0 unspecified atom stereocenters. The predicted molar refractivity (Wildman–Crippen MR) is 85.8 cm³/mol. The smallest absolute Gasteiger partial charge is 0.241 e. The monoisotopic (exact) mass is 344 g/mol. The van der Waals surface area contributed by atoms with Crippen molar-refractivity contribution < 1.29 is 4.74 Å². The van der Waals surface area contributed by atoms with E-state index < -0.39 is 0 Å². The summed E-state index contributed by atoms with van der Waals surface area (Å²) in [5, 5.41) is 0.851. The van der Waals surface area contributed by atoms with Gasteiger partial charge in [-0.2, -0.15) is 4.98 Å². The molecule has 3 rings (SSSR count). The van der Waals surface area contributed by atoms with Crippen molar-refractivity contribution in [3.05, 3.63) is 58.6 Å². The Morgan fingerprint density at radius 2 is 1.81 bits per heavy atom. The van der Waals surface area contributed by atoms with E-state index in [9.17, 15) is 0 Å². The van der Waals surface area contributed by atoms with Crippen molar-refractivity contribution in [3.63, 3.8) is 0 Å². The average molecular weight is 345 g/mol. The van der Waals surface area contributed by atoms with Gasteiger partial charge in [0.25, 0.3) is 0 Å². The fourth-order valence-electron chi connectivity index (χ4n) is 1.98. The van der Waals surface area contributed by atoms with Crippen LogP contribution in [0.15, 0.2) is 53.0 Å². The van der Waals surface area contributed by atoms with E-state index in [0.29, 0.717) is 18.4 Å². The summed E-state index contributed by atoms with van der Waals surface area (Å²) in [7, 11) is 0. The molecule has 0 saturated heterocycles. The number of ether oxygens (including phenoxy) is 1. The molecular formula is C15H13BrN4O. The van der Waals surface area contributed by atoms with Crippen LogP contribution in [0.2, 0.25) is 0 Å². The van der Waals surface area contributed by atoms with Gasteiger partial charge in [0.1, 0.15) is 6.61 Å². The molecule has 0 aliphatic rings. The number of nitrogen functional groups attached to an aromatic ring is 1. The van der Waals surface area contributed by atoms with Gasteiger partial charge in [-0.25, -0.2) is 10.8 Å². The number of halogens is 1. The van der Waals surface area contributed by atoms with Gasteiger partial charge in [-0.05, 0) is 18.2 Å². The molecule has 1 heterocycles. The summed E-state index contributed by atoms with van der Waals surface area (Å²) in [5.74, 6) is 6.24. The predicted octanol–water partition coefficient (Wildman–Crippen LogP) is 3.26. The zero-order valence-electron chi connectivity index (χ0n) is 11.1. The van der Waals surface area contributed by atoms with Crippen molar-refractivity contribution >= 4 is 32.8 Å². The maximum atomic E-state index is 5.85. The number of para-hydroxylation sites is 1. The number of fused-ring (bicyclic) bond motifs is 1. The molecule has 3 N–H and O–H groups in total. The Balaban J connectivity index is 1.94. The molecule has 6 heteroatoms. The van der Waals surface area contributed by atoms with Gasteiger partial charge >= 0.3 is 0 Å². The van der Waals surface area contributed by atoms with E-state index in [4.69, 9.17) is 10.6 Å². The lowest BCUT2D eigenvalue weighted by Gasteiger charge is -2.10. The first-order chi connectivity index (χ1) is 10.3. The molecule has 0 aliphatic heterocycles. The largest absolute Gasteiger partial charge is 0.472 e. The second kappa shape index (κ2) is 6.07. The number of hydrogen-bond donors (Lipinski definition) is 2. The Hall–Kier alpha value is -2.18. The molecule has 2 aromatic carbocycles. The number of aromatic nitrogens is 2. The molecule has 0 saturated carbocycles. The summed E-state index contributed by atoms with van der Waals surface area (Å²) in [6, 6.07) is 15.5. The van der Waals surface area contributed by atoms with Gasteiger partial charge in [0.15, 0.2) is 0 Å². The molecule has 0 bridgehead atoms. The highest BCUT2D eigenvalue weighted by molar-refractivity contribution is 9.10. The molecule has 0 amide bonds. The van der Waals surface area contributed by atoms with E-state index in [-0.39, 0.29) is 0 Å². The fourth-order valence-corrected chi connectivity index (χ4v) is 2.38. The number of anilines is 1. The first-order valence-electron chi connectivity index (χ1n) is 6.37. The Bertz CT molecular complexity index is 778. The minimum atomic E-state index is 0.329. The quantitative estimate of drug-likeness (QED) is 0.561. The summed E-state index contributed by atoms with van der Waals surface area (Å²) in [5.41, 5.74) is 4.28. The maximum Gasteiger partial charge on any atom is 0.241 e. The van der Waals surface area contributed by atoms with Gasteiger partial charge in [-0.15, -0.1) is 0 Å². The van der Waals surface area contributed by atoms with Crippen molar-refractivity contribution in [1.29, 1.82) is 0 Å². The molecule has 3 aromatic rings. The number of benzene rings is 2. The number of nitrogens with two attached hydrogens (primary N) is 1. The third-order valence-electron chi connectivity index (χ3n) is 3.02. The van der Waals surface area contributed by atoms with Crippen molar-refractivity contribution in [2.24, 2.45) is 5.84 Å². The molecular weight excluding hydrogens is 332 g/mol. The molecule has 1 aromatic heterocycles. The highest BCUT2D eigenvalue weighted by Gasteiger charge is 2.09. The van der Waals surface area contributed by atoms with E-state index in [1.54, 1.807) is 0 Å². The lowest BCUT2D eigenvalue weighted by Crippen LogP contribution is -2.11. The van der Waals surface area contributed by atoms with Crippen molar-refractivity contribution in [2.75, 3.05) is 5.43 Å². The van der Waals surface area contributed by atoms with Gasteiger partial charge in [0, 0.05) is 10.0 Å².